The Morgan fingerprint density at radius 1 is 1.35 bits per heavy atom. The fourth-order valence-corrected chi connectivity index (χ4v) is 3.59. The molecule has 3 rings (SSSR count). The predicted octanol–water partition coefficient (Wildman–Crippen LogP) is 2.84. The van der Waals surface area contributed by atoms with Crippen molar-refractivity contribution in [3.8, 4) is 0 Å². The van der Waals surface area contributed by atoms with Crippen molar-refractivity contribution in [3.05, 3.63) is 29.3 Å². The molecule has 1 aliphatic carbocycles. The molecule has 1 aromatic carbocycles. The molecule has 2 fully saturated rings. The van der Waals surface area contributed by atoms with E-state index in [0.717, 1.165) is 30.6 Å². The van der Waals surface area contributed by atoms with Gasteiger partial charge in [-0.1, -0.05) is 25.0 Å². The Hall–Kier alpha value is -1.55. The van der Waals surface area contributed by atoms with Crippen LogP contribution < -0.4 is 4.90 Å². The highest BCUT2D eigenvalue weighted by Gasteiger charge is 2.36. The summed E-state index contributed by atoms with van der Waals surface area (Å²) in [5.41, 5.74) is 2.34. The molecule has 2 atom stereocenters. The molecular formula is C16H21NO3. The van der Waals surface area contributed by atoms with E-state index in [1.165, 1.54) is 12.8 Å². The number of rotatable bonds is 2. The Morgan fingerprint density at radius 2 is 2.15 bits per heavy atom. The summed E-state index contributed by atoms with van der Waals surface area (Å²) >= 11 is 0. The van der Waals surface area contributed by atoms with Gasteiger partial charge in [-0.3, -0.25) is 0 Å². The monoisotopic (exact) mass is 275 g/mol. The first-order valence-electron chi connectivity index (χ1n) is 7.39. The molecule has 1 N–H and O–H groups in total. The zero-order chi connectivity index (χ0) is 14.1. The van der Waals surface area contributed by atoms with Crippen molar-refractivity contribution in [3.63, 3.8) is 0 Å². The maximum absolute atomic E-state index is 11.5. The molecule has 1 aromatic rings. The highest BCUT2D eigenvalue weighted by molar-refractivity contribution is 5.95. The van der Waals surface area contributed by atoms with E-state index >= 15 is 0 Å². The van der Waals surface area contributed by atoms with Crippen LogP contribution in [0.25, 0.3) is 0 Å². The van der Waals surface area contributed by atoms with E-state index in [1.54, 1.807) is 6.07 Å². The average molecular weight is 275 g/mol. The molecule has 108 valence electrons. The molecule has 0 spiro atoms. The maximum atomic E-state index is 11.5. The first kappa shape index (κ1) is 13.4. The summed E-state index contributed by atoms with van der Waals surface area (Å²) < 4.78 is 5.88. The number of carboxylic acid groups (broad SMARTS) is 1. The number of carbonyl (C=O) groups is 1. The van der Waals surface area contributed by atoms with Gasteiger partial charge in [0, 0.05) is 6.54 Å². The molecule has 2 unspecified atom stereocenters. The number of nitrogens with zero attached hydrogens (tertiary/aromatic N) is 1. The predicted molar refractivity (Wildman–Crippen MR) is 77.5 cm³/mol. The summed E-state index contributed by atoms with van der Waals surface area (Å²) in [6, 6.07) is 5.85. The molecule has 1 saturated carbocycles. The SMILES string of the molecule is Cc1cccc(C(=O)O)c1N1CCOC2CCCCC21. The average Bonchev–Trinajstić information content (AvgIpc) is 2.46. The first-order chi connectivity index (χ1) is 9.68. The van der Waals surface area contributed by atoms with E-state index < -0.39 is 5.97 Å². The number of hydrogen-bond donors (Lipinski definition) is 1. The van der Waals surface area contributed by atoms with E-state index in [9.17, 15) is 9.90 Å². The number of para-hydroxylation sites is 1. The van der Waals surface area contributed by atoms with Gasteiger partial charge in [0.15, 0.2) is 0 Å². The zero-order valence-electron chi connectivity index (χ0n) is 11.8. The minimum atomic E-state index is -0.845. The topological polar surface area (TPSA) is 49.8 Å². The van der Waals surface area contributed by atoms with Crippen LogP contribution >= 0.6 is 0 Å². The van der Waals surface area contributed by atoms with E-state index in [4.69, 9.17) is 4.74 Å². The van der Waals surface area contributed by atoms with Gasteiger partial charge < -0.3 is 14.7 Å². The highest BCUT2D eigenvalue weighted by atomic mass is 16.5. The van der Waals surface area contributed by atoms with E-state index in [0.29, 0.717) is 18.2 Å². The molecule has 1 aliphatic heterocycles. The Labute approximate surface area is 119 Å². The molecular weight excluding hydrogens is 254 g/mol. The largest absolute Gasteiger partial charge is 0.478 e. The van der Waals surface area contributed by atoms with Crippen LogP contribution in [0.1, 0.15) is 41.6 Å². The fourth-order valence-electron chi connectivity index (χ4n) is 3.59. The van der Waals surface area contributed by atoms with Crippen molar-refractivity contribution in [2.75, 3.05) is 18.1 Å². The minimum Gasteiger partial charge on any atom is -0.478 e. The van der Waals surface area contributed by atoms with Gasteiger partial charge in [0.05, 0.1) is 30.0 Å². The lowest BCUT2D eigenvalue weighted by Gasteiger charge is -2.46. The second kappa shape index (κ2) is 5.44. The van der Waals surface area contributed by atoms with Gasteiger partial charge in [-0.2, -0.15) is 0 Å². The van der Waals surface area contributed by atoms with Crippen molar-refractivity contribution in [2.24, 2.45) is 0 Å². The number of hydrogen-bond acceptors (Lipinski definition) is 3. The Bertz CT molecular complexity index is 512. The van der Waals surface area contributed by atoms with Crippen molar-refractivity contribution in [1.82, 2.24) is 0 Å². The third-order valence-corrected chi connectivity index (χ3v) is 4.49. The minimum absolute atomic E-state index is 0.263. The van der Waals surface area contributed by atoms with Gasteiger partial charge in [-0.15, -0.1) is 0 Å². The highest BCUT2D eigenvalue weighted by Crippen LogP contribution is 2.35. The van der Waals surface area contributed by atoms with Crippen LogP contribution in [0.4, 0.5) is 5.69 Å². The van der Waals surface area contributed by atoms with Crippen LogP contribution in [0.15, 0.2) is 18.2 Å². The second-order valence-electron chi connectivity index (χ2n) is 5.73. The van der Waals surface area contributed by atoms with Crippen molar-refractivity contribution < 1.29 is 14.6 Å². The first-order valence-corrected chi connectivity index (χ1v) is 7.39. The third-order valence-electron chi connectivity index (χ3n) is 4.49. The van der Waals surface area contributed by atoms with Gasteiger partial charge in [-0.25, -0.2) is 4.79 Å². The van der Waals surface area contributed by atoms with E-state index in [2.05, 4.69) is 4.90 Å². The number of ether oxygens (including phenoxy) is 1. The lowest BCUT2D eigenvalue weighted by Crippen LogP contribution is -2.53. The summed E-state index contributed by atoms with van der Waals surface area (Å²) in [7, 11) is 0. The quantitative estimate of drug-likeness (QED) is 0.901. The molecule has 2 aliphatic rings. The molecule has 1 saturated heterocycles. The van der Waals surface area contributed by atoms with Crippen LogP contribution in [-0.2, 0) is 4.74 Å². The van der Waals surface area contributed by atoms with E-state index in [-0.39, 0.29) is 6.10 Å². The number of benzene rings is 1. The smallest absolute Gasteiger partial charge is 0.337 e. The lowest BCUT2D eigenvalue weighted by molar-refractivity contribution is -0.00882. The number of carboxylic acids is 1. The standard InChI is InChI=1S/C16H21NO3/c1-11-5-4-6-12(16(18)19)15(11)17-9-10-20-14-8-3-2-7-13(14)17/h4-6,13-14H,2-3,7-10H2,1H3,(H,18,19). The van der Waals surface area contributed by atoms with Gasteiger partial charge in [0.25, 0.3) is 0 Å². The summed E-state index contributed by atoms with van der Waals surface area (Å²) in [4.78, 5) is 13.8. The van der Waals surface area contributed by atoms with Crippen LogP contribution in [0, 0.1) is 6.92 Å². The Balaban J connectivity index is 2.00. The summed E-state index contributed by atoms with van der Waals surface area (Å²) in [5, 5.41) is 9.46. The number of aromatic carboxylic acids is 1. The van der Waals surface area contributed by atoms with Crippen LogP contribution in [0.2, 0.25) is 0 Å². The van der Waals surface area contributed by atoms with Gasteiger partial charge in [0.1, 0.15) is 0 Å². The normalized spacial score (nSPS) is 26.1. The lowest BCUT2D eigenvalue weighted by atomic mass is 9.89. The molecule has 1 heterocycles. The van der Waals surface area contributed by atoms with Crippen molar-refractivity contribution in [2.45, 2.75) is 44.8 Å². The molecule has 0 bridgehead atoms. The van der Waals surface area contributed by atoms with Crippen molar-refractivity contribution >= 4 is 11.7 Å². The molecule has 0 aromatic heterocycles. The summed E-state index contributed by atoms with van der Waals surface area (Å²) in [6.07, 6.45) is 4.87. The maximum Gasteiger partial charge on any atom is 0.337 e. The number of fused-ring (bicyclic) bond motifs is 1. The van der Waals surface area contributed by atoms with E-state index in [1.807, 2.05) is 19.1 Å². The summed E-state index contributed by atoms with van der Waals surface area (Å²) in [5.74, 6) is -0.845. The van der Waals surface area contributed by atoms with Gasteiger partial charge in [-0.05, 0) is 31.4 Å². The van der Waals surface area contributed by atoms with Crippen LogP contribution in [-0.4, -0.2) is 36.4 Å². The molecule has 0 radical (unpaired) electrons. The Morgan fingerprint density at radius 3 is 2.95 bits per heavy atom. The molecule has 20 heavy (non-hydrogen) atoms. The van der Waals surface area contributed by atoms with Gasteiger partial charge in [0.2, 0.25) is 0 Å². The van der Waals surface area contributed by atoms with Crippen molar-refractivity contribution in [1.29, 1.82) is 0 Å². The number of aryl methyl sites for hydroxylation is 1. The summed E-state index contributed by atoms with van der Waals surface area (Å²) in [6.45, 7) is 3.47. The fraction of sp³-hybridized carbons (Fsp3) is 0.562. The van der Waals surface area contributed by atoms with Crippen LogP contribution in [0.5, 0.6) is 0 Å². The van der Waals surface area contributed by atoms with Crippen LogP contribution in [0.3, 0.4) is 0 Å². The number of anilines is 1. The molecule has 4 nitrogen and oxygen atoms in total. The zero-order valence-corrected chi connectivity index (χ0v) is 11.8. The number of morpholine rings is 1. The second-order valence-corrected chi connectivity index (χ2v) is 5.73. The third kappa shape index (κ3) is 2.29. The Kier molecular flexibility index (Phi) is 3.66. The van der Waals surface area contributed by atoms with Gasteiger partial charge >= 0.3 is 5.97 Å². The molecule has 4 heteroatoms. The molecule has 0 amide bonds.